The normalized spacial score (nSPS) is 18.0. The van der Waals surface area contributed by atoms with Gasteiger partial charge in [-0.05, 0) is 24.3 Å². The molecule has 1 fully saturated rings. The van der Waals surface area contributed by atoms with Crippen LogP contribution in [0.5, 0.6) is 11.5 Å². The Morgan fingerprint density at radius 3 is 2.86 bits per heavy atom. The van der Waals surface area contributed by atoms with Gasteiger partial charge in [0.2, 0.25) is 5.78 Å². The molecule has 1 aromatic carbocycles. The van der Waals surface area contributed by atoms with Crippen LogP contribution in [0.1, 0.15) is 15.9 Å². The third-order valence-corrected chi connectivity index (χ3v) is 6.12. The Balaban J connectivity index is 1.63. The number of nitrogens with zero attached hydrogens (tertiary/aromatic N) is 3. The fraction of sp³-hybridized carbons (Fsp3) is 0.238. The van der Waals surface area contributed by atoms with Crippen molar-refractivity contribution in [3.05, 3.63) is 53.5 Å². The molecule has 1 saturated heterocycles. The largest absolute Gasteiger partial charge is 0.507 e. The van der Waals surface area contributed by atoms with Crippen molar-refractivity contribution >= 4 is 40.3 Å². The maximum atomic E-state index is 12.8. The predicted octanol–water partition coefficient (Wildman–Crippen LogP) is 3.45. The van der Waals surface area contributed by atoms with Crippen LogP contribution < -0.4 is 9.64 Å². The molecule has 0 atom stereocenters. The van der Waals surface area contributed by atoms with Crippen molar-refractivity contribution < 1.29 is 14.6 Å². The second-order valence-electron chi connectivity index (χ2n) is 6.91. The molecule has 0 spiro atoms. The van der Waals surface area contributed by atoms with E-state index in [1.165, 1.54) is 6.07 Å². The Hall–Kier alpha value is -2.93. The number of anilines is 1. The first-order valence-corrected chi connectivity index (χ1v) is 10.3. The van der Waals surface area contributed by atoms with Crippen LogP contribution in [-0.2, 0) is 7.05 Å². The molecule has 6 nitrogen and oxygen atoms in total. The highest BCUT2D eigenvalue weighted by atomic mass is 32.2. The molecule has 0 radical (unpaired) electrons. The van der Waals surface area contributed by atoms with Crippen LogP contribution in [0.15, 0.2) is 42.4 Å². The number of allylic oxidation sites excluding steroid dienone is 1. The van der Waals surface area contributed by atoms with Gasteiger partial charge in [-0.15, -0.1) is 0 Å². The number of fused-ring (bicyclic) bond motifs is 2. The molecule has 2 aliphatic heterocycles. The molecular weight excluding hydrogens is 374 g/mol. The summed E-state index contributed by atoms with van der Waals surface area (Å²) >= 11 is 1.97. The molecule has 28 heavy (non-hydrogen) atoms. The van der Waals surface area contributed by atoms with E-state index in [1.54, 1.807) is 18.2 Å². The van der Waals surface area contributed by atoms with Gasteiger partial charge in [-0.3, -0.25) is 4.79 Å². The van der Waals surface area contributed by atoms with Gasteiger partial charge in [0, 0.05) is 60.7 Å². The zero-order valence-corrected chi connectivity index (χ0v) is 16.2. The highest BCUT2D eigenvalue weighted by Crippen LogP contribution is 2.39. The lowest BCUT2D eigenvalue weighted by Crippen LogP contribution is -2.32. The Bertz CT molecular complexity index is 1130. The van der Waals surface area contributed by atoms with Gasteiger partial charge < -0.3 is 19.3 Å². The van der Waals surface area contributed by atoms with Gasteiger partial charge in [-0.2, -0.15) is 11.8 Å². The predicted molar refractivity (Wildman–Crippen MR) is 111 cm³/mol. The number of thioether (sulfide) groups is 1. The van der Waals surface area contributed by atoms with Gasteiger partial charge in [0.05, 0.1) is 0 Å². The molecule has 2 aromatic heterocycles. The Labute approximate surface area is 166 Å². The summed E-state index contributed by atoms with van der Waals surface area (Å²) in [5, 5.41) is 11.0. The molecule has 5 rings (SSSR count). The second-order valence-corrected chi connectivity index (χ2v) is 8.14. The SMILES string of the molecule is Cn1cc(/C=C2\Oc3cccc(O)c3C2=O)c2c(N3CCSCC3)ccnc21. The topological polar surface area (TPSA) is 67.6 Å². The summed E-state index contributed by atoms with van der Waals surface area (Å²) in [5.41, 5.74) is 3.10. The van der Waals surface area contributed by atoms with E-state index in [2.05, 4.69) is 9.88 Å². The van der Waals surface area contributed by atoms with Crippen molar-refractivity contribution in [2.75, 3.05) is 29.5 Å². The van der Waals surface area contributed by atoms with Crippen LogP contribution >= 0.6 is 11.8 Å². The number of carbonyl (C=O) groups is 1. The number of ketones is 1. The van der Waals surface area contributed by atoms with Crippen LogP contribution in [-0.4, -0.2) is 45.0 Å². The van der Waals surface area contributed by atoms with Crippen molar-refractivity contribution in [3.63, 3.8) is 0 Å². The van der Waals surface area contributed by atoms with Gasteiger partial charge >= 0.3 is 0 Å². The van der Waals surface area contributed by atoms with E-state index in [-0.39, 0.29) is 22.9 Å². The number of hydrogen-bond donors (Lipinski definition) is 1. The number of Topliss-reactive ketones (excluding diaryl/α,β-unsaturated/α-hetero) is 1. The number of aryl methyl sites for hydroxylation is 1. The van der Waals surface area contributed by atoms with E-state index in [0.29, 0.717) is 5.75 Å². The first kappa shape index (κ1) is 17.2. The Morgan fingerprint density at radius 2 is 2.07 bits per heavy atom. The lowest BCUT2D eigenvalue weighted by molar-refractivity contribution is 0.101. The molecule has 0 aliphatic carbocycles. The Kier molecular flexibility index (Phi) is 4.05. The van der Waals surface area contributed by atoms with E-state index < -0.39 is 0 Å². The van der Waals surface area contributed by atoms with E-state index in [0.717, 1.165) is 46.9 Å². The summed E-state index contributed by atoms with van der Waals surface area (Å²) < 4.78 is 7.72. The van der Waals surface area contributed by atoms with Crippen molar-refractivity contribution in [2.45, 2.75) is 0 Å². The molecule has 142 valence electrons. The fourth-order valence-electron chi connectivity index (χ4n) is 3.85. The highest BCUT2D eigenvalue weighted by molar-refractivity contribution is 7.99. The smallest absolute Gasteiger partial charge is 0.235 e. The van der Waals surface area contributed by atoms with Crippen molar-refractivity contribution in [1.82, 2.24) is 9.55 Å². The number of phenolic OH excluding ortho intramolecular Hbond substituents is 1. The lowest BCUT2D eigenvalue weighted by atomic mass is 10.1. The minimum Gasteiger partial charge on any atom is -0.507 e. The first-order valence-electron chi connectivity index (χ1n) is 9.16. The number of phenols is 1. The van der Waals surface area contributed by atoms with Crippen LogP contribution in [0.2, 0.25) is 0 Å². The van der Waals surface area contributed by atoms with Gasteiger partial charge in [-0.25, -0.2) is 4.98 Å². The number of ether oxygens (including phenoxy) is 1. The molecular formula is C21H19N3O3S. The Morgan fingerprint density at radius 1 is 1.25 bits per heavy atom. The molecule has 2 aliphatic rings. The molecule has 1 N–H and O–H groups in total. The summed E-state index contributed by atoms with van der Waals surface area (Å²) in [7, 11) is 1.95. The monoisotopic (exact) mass is 393 g/mol. The average molecular weight is 393 g/mol. The lowest BCUT2D eigenvalue weighted by Gasteiger charge is -2.29. The summed E-state index contributed by atoms with van der Waals surface area (Å²) in [6.45, 7) is 1.98. The van der Waals surface area contributed by atoms with Crippen LogP contribution in [0.4, 0.5) is 5.69 Å². The molecule has 0 bridgehead atoms. The van der Waals surface area contributed by atoms with E-state index >= 15 is 0 Å². The quantitative estimate of drug-likeness (QED) is 0.673. The third-order valence-electron chi connectivity index (χ3n) is 5.18. The number of hydrogen-bond acceptors (Lipinski definition) is 6. The minimum atomic E-state index is -0.301. The first-order chi connectivity index (χ1) is 13.6. The number of pyridine rings is 1. The summed E-state index contributed by atoms with van der Waals surface area (Å²) in [6, 6.07) is 6.89. The molecule has 3 aromatic rings. The van der Waals surface area contributed by atoms with Gasteiger partial charge in [0.25, 0.3) is 0 Å². The number of benzene rings is 1. The standard InChI is InChI=1S/C21H19N3O3S/c1-23-12-13(11-17-20(26)19-15(25)3-2-4-16(19)27-17)18-14(5-6-22-21(18)23)24-7-9-28-10-8-24/h2-6,11-12,25H,7-10H2,1H3/b17-11-. The number of aromatic hydroxyl groups is 1. The average Bonchev–Trinajstić information content (AvgIpc) is 3.21. The number of carbonyl (C=O) groups excluding carboxylic acids is 1. The molecule has 0 unspecified atom stereocenters. The van der Waals surface area contributed by atoms with Crippen LogP contribution in [0, 0.1) is 0 Å². The molecule has 0 saturated carbocycles. The van der Waals surface area contributed by atoms with E-state index in [1.807, 2.05) is 41.8 Å². The van der Waals surface area contributed by atoms with Crippen molar-refractivity contribution in [1.29, 1.82) is 0 Å². The zero-order valence-electron chi connectivity index (χ0n) is 15.4. The maximum Gasteiger partial charge on any atom is 0.235 e. The van der Waals surface area contributed by atoms with Gasteiger partial charge in [-0.1, -0.05) is 6.07 Å². The fourth-order valence-corrected chi connectivity index (χ4v) is 4.76. The van der Waals surface area contributed by atoms with Crippen LogP contribution in [0.25, 0.3) is 17.1 Å². The minimum absolute atomic E-state index is 0.0583. The van der Waals surface area contributed by atoms with E-state index in [9.17, 15) is 9.90 Å². The van der Waals surface area contributed by atoms with Crippen molar-refractivity contribution in [2.24, 2.45) is 7.05 Å². The number of aromatic nitrogens is 2. The van der Waals surface area contributed by atoms with Crippen molar-refractivity contribution in [3.8, 4) is 11.5 Å². The van der Waals surface area contributed by atoms with Gasteiger partial charge in [0.1, 0.15) is 22.7 Å². The summed E-state index contributed by atoms with van der Waals surface area (Å²) in [4.78, 5) is 19.7. The molecule has 0 amide bonds. The molecule has 4 heterocycles. The molecule has 7 heteroatoms. The summed E-state index contributed by atoms with van der Waals surface area (Å²) in [5.74, 6) is 2.45. The third kappa shape index (κ3) is 2.65. The van der Waals surface area contributed by atoms with Crippen LogP contribution in [0.3, 0.4) is 0 Å². The maximum absolute atomic E-state index is 12.8. The summed E-state index contributed by atoms with van der Waals surface area (Å²) in [6.07, 6.45) is 5.56. The highest BCUT2D eigenvalue weighted by Gasteiger charge is 2.31. The van der Waals surface area contributed by atoms with E-state index in [4.69, 9.17) is 4.74 Å². The van der Waals surface area contributed by atoms with Gasteiger partial charge in [0.15, 0.2) is 5.76 Å². The second kappa shape index (κ2) is 6.60. The number of rotatable bonds is 2. The zero-order chi connectivity index (χ0) is 19.3.